The molecule has 1 aliphatic heterocycles. The number of hydrogen-bond acceptors (Lipinski definition) is 8. The number of thioether (sulfide) groups is 1. The van der Waals surface area contributed by atoms with E-state index < -0.39 is 5.97 Å². The Kier molecular flexibility index (Phi) is 7.36. The predicted molar refractivity (Wildman–Crippen MR) is 130 cm³/mol. The van der Waals surface area contributed by atoms with Gasteiger partial charge in [-0.3, -0.25) is 4.79 Å². The van der Waals surface area contributed by atoms with Crippen LogP contribution in [0.5, 0.6) is 17.2 Å². The van der Waals surface area contributed by atoms with Gasteiger partial charge in [0.05, 0.1) is 25.5 Å². The number of likely N-dealkylation sites (N-methyl/N-ethyl adjacent to an activating group) is 1. The summed E-state index contributed by atoms with van der Waals surface area (Å²) >= 11 is 1.21. The van der Waals surface area contributed by atoms with Crippen LogP contribution in [0.4, 0.5) is 0 Å². The summed E-state index contributed by atoms with van der Waals surface area (Å²) in [6.07, 6.45) is 0.749. The number of carbonyl (C=O) groups excluding carboxylic acids is 1. The van der Waals surface area contributed by atoms with Gasteiger partial charge in [0.1, 0.15) is 16.8 Å². The third-order valence-corrected chi connectivity index (χ3v) is 6.54. The number of rotatable bonds is 7. The number of nitriles is 1. The molecule has 0 unspecified atom stereocenters. The minimum Gasteiger partial charge on any atom is -0.493 e. The lowest BCUT2D eigenvalue weighted by molar-refractivity contribution is -0.131. The molecule has 0 saturated carbocycles. The largest absolute Gasteiger partial charge is 0.493 e. The summed E-state index contributed by atoms with van der Waals surface area (Å²) in [5, 5.41) is 10.7. The van der Waals surface area contributed by atoms with Crippen LogP contribution in [0.25, 0.3) is 11.1 Å². The summed E-state index contributed by atoms with van der Waals surface area (Å²) in [6, 6.07) is 16.9. The lowest BCUT2D eigenvalue weighted by Gasteiger charge is -2.28. The van der Waals surface area contributed by atoms with E-state index in [0.29, 0.717) is 34.4 Å². The first-order valence-corrected chi connectivity index (χ1v) is 11.8. The van der Waals surface area contributed by atoms with E-state index in [9.17, 15) is 10.1 Å². The minimum atomic E-state index is -0.403. The van der Waals surface area contributed by atoms with Crippen LogP contribution >= 0.6 is 11.8 Å². The predicted octanol–water partition coefficient (Wildman–Crippen LogP) is 4.32. The smallest absolute Gasteiger partial charge is 0.321 e. The van der Waals surface area contributed by atoms with Crippen molar-refractivity contribution < 1.29 is 19.0 Å². The standard InChI is InChI=1S/C26H25N3O4S/c1-29-13-12-21-20(15-29)24(18-10-7-11-22(31-2)25(18)32-3)19(14-27)26(28-21)34-16-23(30)33-17-8-5-4-6-9-17/h4-11H,12-13,15-16H2,1-3H3. The second kappa shape index (κ2) is 10.6. The van der Waals surface area contributed by atoms with Crippen LogP contribution < -0.4 is 14.2 Å². The van der Waals surface area contributed by atoms with Gasteiger partial charge in [-0.15, -0.1) is 0 Å². The average molecular weight is 476 g/mol. The average Bonchev–Trinajstić information content (AvgIpc) is 2.86. The molecule has 4 rings (SSSR count). The van der Waals surface area contributed by atoms with Gasteiger partial charge in [0, 0.05) is 36.3 Å². The van der Waals surface area contributed by atoms with E-state index in [4.69, 9.17) is 19.2 Å². The molecule has 0 aliphatic carbocycles. The lowest BCUT2D eigenvalue weighted by Crippen LogP contribution is -2.28. The second-order valence-electron chi connectivity index (χ2n) is 7.81. The molecule has 3 aromatic rings. The number of ether oxygens (including phenoxy) is 3. The van der Waals surface area contributed by atoms with E-state index in [1.165, 1.54) is 11.8 Å². The van der Waals surface area contributed by atoms with Crippen LogP contribution in [-0.2, 0) is 17.8 Å². The van der Waals surface area contributed by atoms with Crippen molar-refractivity contribution >= 4 is 17.7 Å². The van der Waals surface area contributed by atoms with E-state index in [-0.39, 0.29) is 5.75 Å². The fourth-order valence-corrected chi connectivity index (χ4v) is 4.82. The highest BCUT2D eigenvalue weighted by Crippen LogP contribution is 2.44. The van der Waals surface area contributed by atoms with Gasteiger partial charge in [-0.05, 0) is 30.8 Å². The Labute approximate surface area is 203 Å². The van der Waals surface area contributed by atoms with Crippen LogP contribution in [0.15, 0.2) is 53.6 Å². The number of pyridine rings is 1. The summed E-state index contributed by atoms with van der Waals surface area (Å²) < 4.78 is 16.6. The highest BCUT2D eigenvalue weighted by Gasteiger charge is 2.28. The molecule has 174 valence electrons. The summed E-state index contributed by atoms with van der Waals surface area (Å²) in [6.45, 7) is 1.52. The van der Waals surface area contributed by atoms with Gasteiger partial charge in [-0.25, -0.2) is 4.98 Å². The SMILES string of the molecule is COc1cccc(-c2c(C#N)c(SCC(=O)Oc3ccccc3)nc3c2CN(C)CC3)c1OC. The molecule has 7 nitrogen and oxygen atoms in total. The molecular formula is C26H25N3O4S. The zero-order chi connectivity index (χ0) is 24.1. The Morgan fingerprint density at radius 3 is 2.65 bits per heavy atom. The van der Waals surface area contributed by atoms with Crippen molar-refractivity contribution in [1.82, 2.24) is 9.88 Å². The van der Waals surface area contributed by atoms with Gasteiger partial charge < -0.3 is 19.1 Å². The minimum absolute atomic E-state index is 0.0317. The number of carbonyl (C=O) groups is 1. The molecule has 2 aromatic carbocycles. The van der Waals surface area contributed by atoms with Gasteiger partial charge >= 0.3 is 5.97 Å². The molecule has 0 bridgehead atoms. The number of nitrogens with zero attached hydrogens (tertiary/aromatic N) is 3. The molecule has 0 amide bonds. The quantitative estimate of drug-likeness (QED) is 0.284. The zero-order valence-electron chi connectivity index (χ0n) is 19.3. The molecule has 0 radical (unpaired) electrons. The van der Waals surface area contributed by atoms with Crippen LogP contribution in [-0.4, -0.2) is 49.4 Å². The maximum atomic E-state index is 12.5. The van der Waals surface area contributed by atoms with Crippen molar-refractivity contribution in [3.05, 3.63) is 65.4 Å². The molecule has 1 aliphatic rings. The maximum Gasteiger partial charge on any atom is 0.321 e. The topological polar surface area (TPSA) is 84.7 Å². The van der Waals surface area contributed by atoms with Crippen molar-refractivity contribution in [3.63, 3.8) is 0 Å². The van der Waals surface area contributed by atoms with E-state index in [0.717, 1.165) is 35.3 Å². The molecule has 0 N–H and O–H groups in total. The highest BCUT2D eigenvalue weighted by atomic mass is 32.2. The maximum absolute atomic E-state index is 12.5. The van der Waals surface area contributed by atoms with Gasteiger partial charge in [0.15, 0.2) is 11.5 Å². The number of benzene rings is 2. The third-order valence-electron chi connectivity index (χ3n) is 5.59. The number of aromatic nitrogens is 1. The van der Waals surface area contributed by atoms with E-state index in [1.54, 1.807) is 38.5 Å². The third kappa shape index (κ3) is 4.86. The molecular weight excluding hydrogens is 450 g/mol. The summed E-state index contributed by atoms with van der Waals surface area (Å²) in [7, 11) is 5.22. The Hall–Kier alpha value is -3.54. The van der Waals surface area contributed by atoms with Crippen molar-refractivity contribution in [3.8, 4) is 34.4 Å². The molecule has 0 atom stereocenters. The van der Waals surface area contributed by atoms with Gasteiger partial charge in [0.25, 0.3) is 0 Å². The first kappa shape index (κ1) is 23.6. The zero-order valence-corrected chi connectivity index (χ0v) is 20.1. The van der Waals surface area contributed by atoms with E-state index >= 15 is 0 Å². The Morgan fingerprint density at radius 2 is 1.94 bits per heavy atom. The summed E-state index contributed by atoms with van der Waals surface area (Å²) in [5.41, 5.74) is 3.87. The monoisotopic (exact) mass is 475 g/mol. The summed E-state index contributed by atoms with van der Waals surface area (Å²) in [5.74, 6) is 1.25. The Balaban J connectivity index is 1.76. The van der Waals surface area contributed by atoms with Crippen molar-refractivity contribution in [1.29, 1.82) is 5.26 Å². The molecule has 0 fully saturated rings. The fourth-order valence-electron chi connectivity index (χ4n) is 4.04. The number of hydrogen-bond donors (Lipinski definition) is 0. The van der Waals surface area contributed by atoms with Gasteiger partial charge in [-0.2, -0.15) is 5.26 Å². The summed E-state index contributed by atoms with van der Waals surface area (Å²) in [4.78, 5) is 19.5. The first-order valence-electron chi connectivity index (χ1n) is 10.8. The number of fused-ring (bicyclic) bond motifs is 1. The Morgan fingerprint density at radius 1 is 1.15 bits per heavy atom. The number of esters is 1. The number of methoxy groups -OCH3 is 2. The van der Waals surface area contributed by atoms with Gasteiger partial charge in [-0.1, -0.05) is 42.1 Å². The first-order chi connectivity index (χ1) is 16.5. The van der Waals surface area contributed by atoms with Crippen LogP contribution in [0.3, 0.4) is 0 Å². The second-order valence-corrected chi connectivity index (χ2v) is 8.77. The van der Waals surface area contributed by atoms with Crippen LogP contribution in [0, 0.1) is 11.3 Å². The lowest BCUT2D eigenvalue weighted by atomic mass is 9.91. The molecule has 0 saturated heterocycles. The molecule has 34 heavy (non-hydrogen) atoms. The normalized spacial score (nSPS) is 13.0. The van der Waals surface area contributed by atoms with Crippen molar-refractivity contribution in [2.75, 3.05) is 33.6 Å². The fraction of sp³-hybridized carbons (Fsp3) is 0.269. The van der Waals surface area contributed by atoms with E-state index in [2.05, 4.69) is 11.0 Å². The van der Waals surface area contributed by atoms with Crippen LogP contribution in [0.1, 0.15) is 16.8 Å². The molecule has 2 heterocycles. The highest BCUT2D eigenvalue weighted by molar-refractivity contribution is 7.99. The molecule has 1 aromatic heterocycles. The van der Waals surface area contributed by atoms with E-state index in [1.807, 2.05) is 31.3 Å². The van der Waals surface area contributed by atoms with Crippen molar-refractivity contribution in [2.45, 2.75) is 18.0 Å². The molecule has 0 spiro atoms. The molecule has 8 heteroatoms. The van der Waals surface area contributed by atoms with Crippen LogP contribution in [0.2, 0.25) is 0 Å². The Bertz CT molecular complexity index is 1240. The van der Waals surface area contributed by atoms with Gasteiger partial charge in [0.2, 0.25) is 0 Å². The number of para-hydroxylation sites is 2. The van der Waals surface area contributed by atoms with Crippen molar-refractivity contribution in [2.24, 2.45) is 0 Å².